The molecule has 0 aliphatic rings. The Morgan fingerprint density at radius 3 is 1.86 bits per heavy atom. The molecule has 0 saturated heterocycles. The minimum absolute atomic E-state index is 0.0694. The average molecular weight is 401 g/mol. The lowest BCUT2D eigenvalue weighted by Gasteiger charge is -2.18. The van der Waals surface area contributed by atoms with E-state index in [1.165, 1.54) is 77.0 Å². The molecule has 29 heavy (non-hydrogen) atoms. The summed E-state index contributed by atoms with van der Waals surface area (Å²) >= 11 is 0. The van der Waals surface area contributed by atoms with Gasteiger partial charge in [0, 0.05) is 18.7 Å². The van der Waals surface area contributed by atoms with Crippen LogP contribution in [-0.4, -0.2) is 30.2 Å². The highest BCUT2D eigenvalue weighted by Crippen LogP contribution is 2.10. The van der Waals surface area contributed by atoms with Gasteiger partial charge in [-0.1, -0.05) is 109 Å². The predicted octanol–water partition coefficient (Wildman–Crippen LogP) is 7.66. The van der Waals surface area contributed by atoms with Gasteiger partial charge in [0.15, 0.2) is 0 Å². The molecule has 0 spiro atoms. The summed E-state index contributed by atoms with van der Waals surface area (Å²) in [5.41, 5.74) is 0.748. The quantitative estimate of drug-likeness (QED) is 0.141. The minimum Gasteiger partial charge on any atom is -0.299 e. The van der Waals surface area contributed by atoms with Crippen molar-refractivity contribution in [3.05, 3.63) is 35.9 Å². The van der Waals surface area contributed by atoms with E-state index in [1.54, 1.807) is 6.34 Å². The van der Waals surface area contributed by atoms with Crippen molar-refractivity contribution in [2.45, 2.75) is 104 Å². The van der Waals surface area contributed by atoms with Crippen molar-refractivity contribution in [1.82, 2.24) is 4.90 Å². The van der Waals surface area contributed by atoms with Crippen LogP contribution in [0.15, 0.2) is 35.3 Å². The lowest BCUT2D eigenvalue weighted by molar-refractivity contribution is 0.0850. The summed E-state index contributed by atoms with van der Waals surface area (Å²) in [6.45, 7) is 6.09. The molecule has 0 fully saturated rings. The number of hydrogen-bond donors (Lipinski definition) is 0. The number of rotatable bonds is 18. The second-order valence-electron chi connectivity index (χ2n) is 8.13. The van der Waals surface area contributed by atoms with Gasteiger partial charge in [0.2, 0.25) is 0 Å². The Morgan fingerprint density at radius 1 is 0.759 bits per heavy atom. The molecule has 0 N–H and O–H groups in total. The predicted molar refractivity (Wildman–Crippen MR) is 127 cm³/mol. The van der Waals surface area contributed by atoms with E-state index in [-0.39, 0.29) is 5.91 Å². The Bertz CT molecular complexity index is 527. The zero-order chi connectivity index (χ0) is 21.0. The molecule has 1 aromatic carbocycles. The third kappa shape index (κ3) is 13.2. The second-order valence-corrected chi connectivity index (χ2v) is 8.13. The van der Waals surface area contributed by atoms with Crippen molar-refractivity contribution in [2.75, 3.05) is 13.1 Å². The molecule has 3 heteroatoms. The summed E-state index contributed by atoms with van der Waals surface area (Å²) in [7, 11) is 0. The highest BCUT2D eigenvalue weighted by Gasteiger charge is 2.13. The van der Waals surface area contributed by atoms with Gasteiger partial charge >= 0.3 is 0 Å². The van der Waals surface area contributed by atoms with Gasteiger partial charge in [0.1, 0.15) is 0 Å². The molecular formula is C26H44N2O. The normalized spacial score (nSPS) is 11.2. The Morgan fingerprint density at radius 2 is 1.28 bits per heavy atom. The van der Waals surface area contributed by atoms with Crippen LogP contribution >= 0.6 is 0 Å². The zero-order valence-electron chi connectivity index (χ0n) is 19.1. The standard InChI is InChI=1S/C26H44N2O/c1-3-5-7-9-11-13-18-22-27-24-28(23-19-14-12-10-8-6-4-2)26(29)25-20-16-15-17-21-25/h15-17,20-21,24H,3-14,18-19,22-23H2,1-2H3. The monoisotopic (exact) mass is 400 g/mol. The first-order valence-corrected chi connectivity index (χ1v) is 12.2. The SMILES string of the molecule is CCCCCCCCCN=CN(CCCCCCCCC)C(=O)c1ccccc1. The van der Waals surface area contributed by atoms with E-state index < -0.39 is 0 Å². The Hall–Kier alpha value is -1.64. The van der Waals surface area contributed by atoms with Gasteiger partial charge in [-0.3, -0.25) is 14.7 Å². The van der Waals surface area contributed by atoms with E-state index in [1.807, 2.05) is 35.2 Å². The molecule has 0 radical (unpaired) electrons. The lowest BCUT2D eigenvalue weighted by Crippen LogP contribution is -2.30. The fraction of sp³-hybridized carbons (Fsp3) is 0.692. The topological polar surface area (TPSA) is 32.7 Å². The van der Waals surface area contributed by atoms with Crippen LogP contribution < -0.4 is 0 Å². The summed E-state index contributed by atoms with van der Waals surface area (Å²) in [6, 6.07) is 9.59. The van der Waals surface area contributed by atoms with Gasteiger partial charge in [-0.2, -0.15) is 0 Å². The van der Waals surface area contributed by atoms with Crippen LogP contribution in [0.3, 0.4) is 0 Å². The molecule has 0 saturated carbocycles. The van der Waals surface area contributed by atoms with Crippen LogP contribution in [0.2, 0.25) is 0 Å². The molecular weight excluding hydrogens is 356 g/mol. The Kier molecular flexibility index (Phi) is 16.1. The van der Waals surface area contributed by atoms with Crippen LogP contribution in [0, 0.1) is 0 Å². The van der Waals surface area contributed by atoms with Crippen molar-refractivity contribution in [3.63, 3.8) is 0 Å². The molecule has 0 aliphatic carbocycles. The van der Waals surface area contributed by atoms with Crippen molar-refractivity contribution in [1.29, 1.82) is 0 Å². The van der Waals surface area contributed by atoms with Gasteiger partial charge < -0.3 is 0 Å². The summed E-state index contributed by atoms with van der Waals surface area (Å²) in [5, 5.41) is 0. The molecule has 0 unspecified atom stereocenters. The number of nitrogens with zero attached hydrogens (tertiary/aromatic N) is 2. The van der Waals surface area contributed by atoms with Crippen molar-refractivity contribution < 1.29 is 4.79 Å². The van der Waals surface area contributed by atoms with Crippen LogP contribution in [0.25, 0.3) is 0 Å². The molecule has 1 amide bonds. The molecule has 0 aromatic heterocycles. The molecule has 1 rings (SSSR count). The molecule has 1 aromatic rings. The molecule has 0 bridgehead atoms. The lowest BCUT2D eigenvalue weighted by atomic mass is 10.1. The van der Waals surface area contributed by atoms with Gasteiger partial charge in [0.05, 0.1) is 6.34 Å². The maximum absolute atomic E-state index is 12.9. The Labute approximate surface area is 180 Å². The van der Waals surface area contributed by atoms with E-state index in [2.05, 4.69) is 18.8 Å². The number of hydrogen-bond acceptors (Lipinski definition) is 2. The maximum atomic E-state index is 12.9. The van der Waals surface area contributed by atoms with Crippen LogP contribution in [0.5, 0.6) is 0 Å². The molecule has 0 atom stereocenters. The number of carbonyl (C=O) groups is 1. The van der Waals surface area contributed by atoms with Gasteiger partial charge in [-0.15, -0.1) is 0 Å². The molecule has 0 aliphatic heterocycles. The maximum Gasteiger partial charge on any atom is 0.258 e. The third-order valence-corrected chi connectivity index (χ3v) is 5.40. The van der Waals surface area contributed by atoms with Crippen LogP contribution in [0.1, 0.15) is 114 Å². The molecule has 0 heterocycles. The number of benzene rings is 1. The first-order valence-electron chi connectivity index (χ1n) is 12.2. The van der Waals surface area contributed by atoms with Crippen molar-refractivity contribution >= 4 is 12.2 Å². The third-order valence-electron chi connectivity index (χ3n) is 5.40. The second kappa shape index (κ2) is 18.4. The van der Waals surface area contributed by atoms with Crippen LogP contribution in [0.4, 0.5) is 0 Å². The first kappa shape index (κ1) is 25.4. The number of amides is 1. The van der Waals surface area contributed by atoms with Crippen LogP contribution in [-0.2, 0) is 0 Å². The van der Waals surface area contributed by atoms with E-state index in [0.29, 0.717) is 0 Å². The summed E-state index contributed by atoms with van der Waals surface area (Å²) in [5.74, 6) is 0.0694. The fourth-order valence-electron chi connectivity index (χ4n) is 3.51. The summed E-state index contributed by atoms with van der Waals surface area (Å²) < 4.78 is 0. The van der Waals surface area contributed by atoms with E-state index in [0.717, 1.165) is 31.5 Å². The van der Waals surface area contributed by atoms with Gasteiger partial charge in [-0.05, 0) is 25.0 Å². The highest BCUT2D eigenvalue weighted by molar-refractivity contribution is 6.00. The smallest absolute Gasteiger partial charge is 0.258 e. The summed E-state index contributed by atoms with van der Waals surface area (Å²) in [6.07, 6.45) is 19.6. The number of aliphatic imine (C=N–C) groups is 1. The first-order chi connectivity index (χ1) is 14.3. The Balaban J connectivity index is 2.37. The highest BCUT2D eigenvalue weighted by atomic mass is 16.2. The fourth-order valence-corrected chi connectivity index (χ4v) is 3.51. The zero-order valence-corrected chi connectivity index (χ0v) is 19.1. The number of carbonyl (C=O) groups excluding carboxylic acids is 1. The molecule has 3 nitrogen and oxygen atoms in total. The summed E-state index contributed by atoms with van der Waals surface area (Å²) in [4.78, 5) is 19.2. The van der Waals surface area contributed by atoms with Crippen molar-refractivity contribution in [2.24, 2.45) is 4.99 Å². The van der Waals surface area contributed by atoms with Gasteiger partial charge in [0.25, 0.3) is 5.91 Å². The van der Waals surface area contributed by atoms with Crippen molar-refractivity contribution in [3.8, 4) is 0 Å². The van der Waals surface area contributed by atoms with E-state index >= 15 is 0 Å². The van der Waals surface area contributed by atoms with E-state index in [4.69, 9.17) is 0 Å². The number of unbranched alkanes of at least 4 members (excludes halogenated alkanes) is 12. The average Bonchev–Trinajstić information content (AvgIpc) is 2.76. The molecule has 164 valence electrons. The largest absolute Gasteiger partial charge is 0.299 e. The minimum atomic E-state index is 0.0694. The van der Waals surface area contributed by atoms with E-state index in [9.17, 15) is 4.79 Å². The van der Waals surface area contributed by atoms with Gasteiger partial charge in [-0.25, -0.2) is 0 Å².